The fourth-order valence-electron chi connectivity index (χ4n) is 2.14. The standard InChI is InChI=1S/C9H13.C6H12N.2ClH.Ti/c1-6-5-7(2)9(4)8(6)3;1-2-7-5-3-4-6-7;;;/h5H,1-4H3;1-6H2;2*1H;/q2*-1;;;+4/p-2. The maximum absolute atomic E-state index is 3.79. The van der Waals surface area contributed by atoms with Crippen LogP contribution in [-0.2, 0) is 21.7 Å². The van der Waals surface area contributed by atoms with E-state index in [2.05, 4.69) is 45.6 Å². The molecule has 0 atom stereocenters. The molecule has 0 bridgehead atoms. The summed E-state index contributed by atoms with van der Waals surface area (Å²) in [6.07, 6.45) is 2.77. The molecule has 1 aromatic rings. The van der Waals surface area contributed by atoms with Crippen molar-refractivity contribution in [2.75, 3.05) is 19.6 Å². The summed E-state index contributed by atoms with van der Waals surface area (Å²) in [5.41, 5.74) is 5.75. The first kappa shape index (κ1) is 24.6. The maximum atomic E-state index is 3.79. The number of nitrogens with zero attached hydrogens (tertiary/aromatic N) is 1. The van der Waals surface area contributed by atoms with Gasteiger partial charge in [0.05, 0.1) is 0 Å². The van der Waals surface area contributed by atoms with Crippen LogP contribution >= 0.6 is 0 Å². The average molecular weight is 338 g/mol. The van der Waals surface area contributed by atoms with Gasteiger partial charge in [-0.3, -0.25) is 0 Å². The van der Waals surface area contributed by atoms with Gasteiger partial charge in [0.25, 0.3) is 0 Å². The number of hydrogen-bond donors (Lipinski definition) is 0. The van der Waals surface area contributed by atoms with E-state index in [9.17, 15) is 0 Å². The average Bonchev–Trinajstić information content (AvgIpc) is 2.86. The molecule has 0 spiro atoms. The summed E-state index contributed by atoms with van der Waals surface area (Å²) in [6.45, 7) is 16.0. The van der Waals surface area contributed by atoms with Gasteiger partial charge in [-0.25, -0.2) is 0 Å². The molecule has 19 heavy (non-hydrogen) atoms. The maximum Gasteiger partial charge on any atom is 4.00 e. The van der Waals surface area contributed by atoms with Crippen molar-refractivity contribution in [2.45, 2.75) is 40.5 Å². The Balaban J connectivity index is -0.000000237. The summed E-state index contributed by atoms with van der Waals surface area (Å²) in [7, 11) is 0. The number of hydrogen-bond acceptors (Lipinski definition) is 1. The Morgan fingerprint density at radius 1 is 0.947 bits per heavy atom. The molecular weight excluding hydrogens is 313 g/mol. The fraction of sp³-hybridized carbons (Fsp3) is 0.600. The molecule has 1 aliphatic rings. The topological polar surface area (TPSA) is 3.24 Å². The minimum Gasteiger partial charge on any atom is -1.00 e. The van der Waals surface area contributed by atoms with Crippen molar-refractivity contribution in [1.82, 2.24) is 4.90 Å². The van der Waals surface area contributed by atoms with Gasteiger partial charge in [0.1, 0.15) is 0 Å². The third kappa shape index (κ3) is 7.82. The third-order valence-corrected chi connectivity index (χ3v) is 3.69. The van der Waals surface area contributed by atoms with Crippen molar-refractivity contribution in [3.8, 4) is 0 Å². The van der Waals surface area contributed by atoms with Crippen molar-refractivity contribution in [3.63, 3.8) is 0 Å². The Kier molecular flexibility index (Phi) is 16.0. The zero-order chi connectivity index (χ0) is 12.1. The van der Waals surface area contributed by atoms with Gasteiger partial charge >= 0.3 is 21.7 Å². The van der Waals surface area contributed by atoms with Gasteiger partial charge in [-0.15, -0.1) is 6.54 Å². The van der Waals surface area contributed by atoms with Crippen LogP contribution in [0, 0.1) is 34.6 Å². The number of rotatable bonds is 1. The molecule has 0 N–H and O–H groups in total. The van der Waals surface area contributed by atoms with Crippen molar-refractivity contribution in [2.24, 2.45) is 0 Å². The molecule has 1 fully saturated rings. The summed E-state index contributed by atoms with van der Waals surface area (Å²) >= 11 is 0. The Hall–Kier alpha value is 0.604. The van der Waals surface area contributed by atoms with Gasteiger partial charge in [0.2, 0.25) is 0 Å². The molecule has 0 aromatic heterocycles. The van der Waals surface area contributed by atoms with Crippen LogP contribution in [-0.4, -0.2) is 24.5 Å². The quantitative estimate of drug-likeness (QED) is 0.406. The Morgan fingerprint density at radius 3 is 1.47 bits per heavy atom. The third-order valence-electron chi connectivity index (χ3n) is 3.69. The summed E-state index contributed by atoms with van der Waals surface area (Å²) in [4.78, 5) is 2.38. The summed E-state index contributed by atoms with van der Waals surface area (Å²) in [6, 6.07) is 2.24. The van der Waals surface area contributed by atoms with E-state index < -0.39 is 0 Å². The fourth-order valence-corrected chi connectivity index (χ4v) is 2.14. The summed E-state index contributed by atoms with van der Waals surface area (Å²) in [5.74, 6) is 0. The monoisotopic (exact) mass is 337 g/mol. The summed E-state index contributed by atoms with van der Waals surface area (Å²) < 4.78 is 0. The van der Waals surface area contributed by atoms with Crippen LogP contribution in [0.3, 0.4) is 0 Å². The molecule has 0 amide bonds. The van der Waals surface area contributed by atoms with Crippen LogP contribution in [0.4, 0.5) is 0 Å². The molecule has 2 rings (SSSR count). The molecule has 0 unspecified atom stereocenters. The molecule has 1 aromatic carbocycles. The van der Waals surface area contributed by atoms with E-state index in [1.807, 2.05) is 0 Å². The van der Waals surface area contributed by atoms with Crippen molar-refractivity contribution < 1.29 is 46.5 Å². The van der Waals surface area contributed by atoms with Crippen molar-refractivity contribution in [3.05, 3.63) is 35.2 Å². The van der Waals surface area contributed by atoms with Gasteiger partial charge in [0.15, 0.2) is 0 Å². The van der Waals surface area contributed by atoms with Crippen molar-refractivity contribution in [1.29, 1.82) is 0 Å². The smallest absolute Gasteiger partial charge is 1.00 e. The van der Waals surface area contributed by atoms with Crippen LogP contribution in [0.25, 0.3) is 0 Å². The van der Waals surface area contributed by atoms with E-state index in [1.54, 1.807) is 0 Å². The van der Waals surface area contributed by atoms with Crippen LogP contribution in [0.5, 0.6) is 0 Å². The number of aryl methyl sites for hydroxylation is 2. The van der Waals surface area contributed by atoms with Gasteiger partial charge in [-0.1, -0.05) is 27.7 Å². The van der Waals surface area contributed by atoms with Crippen LogP contribution in [0.15, 0.2) is 6.07 Å². The first-order valence-corrected chi connectivity index (χ1v) is 6.28. The van der Waals surface area contributed by atoms with Gasteiger partial charge in [0, 0.05) is 0 Å². The summed E-state index contributed by atoms with van der Waals surface area (Å²) in [5, 5.41) is 0. The van der Waals surface area contributed by atoms with E-state index in [1.165, 1.54) is 48.2 Å². The number of halogens is 2. The van der Waals surface area contributed by atoms with Gasteiger partial charge in [-0.05, 0) is 25.9 Å². The van der Waals surface area contributed by atoms with Crippen LogP contribution < -0.4 is 24.8 Å². The Bertz CT molecular complexity index is 309. The second-order valence-electron chi connectivity index (χ2n) is 4.81. The van der Waals surface area contributed by atoms with Gasteiger partial charge in [-0.2, -0.15) is 28.3 Å². The Labute approximate surface area is 146 Å². The molecule has 0 radical (unpaired) electrons. The predicted molar refractivity (Wildman–Crippen MR) is 72.0 cm³/mol. The normalized spacial score (nSPS) is 13.5. The van der Waals surface area contributed by atoms with Crippen molar-refractivity contribution >= 4 is 0 Å². The van der Waals surface area contributed by atoms with E-state index in [0.717, 1.165) is 6.54 Å². The van der Waals surface area contributed by atoms with E-state index >= 15 is 0 Å². The zero-order valence-electron chi connectivity index (χ0n) is 12.5. The second kappa shape index (κ2) is 12.4. The molecule has 0 aliphatic carbocycles. The minimum absolute atomic E-state index is 0. The predicted octanol–water partition coefficient (Wildman–Crippen LogP) is -2.44. The molecule has 4 heteroatoms. The molecule has 0 saturated carbocycles. The molecule has 1 heterocycles. The largest absolute Gasteiger partial charge is 4.00 e. The van der Waals surface area contributed by atoms with E-state index in [0.29, 0.717) is 0 Å². The molecule has 1 nitrogen and oxygen atoms in total. The van der Waals surface area contributed by atoms with Crippen LogP contribution in [0.1, 0.15) is 35.1 Å². The SMILES string of the molecule is Cc1[cH-]c(C)c(C)c1C.[CH2-]CN1CCCC1.[Cl-].[Cl-].[Ti+4]. The molecule has 1 aliphatic heterocycles. The molecule has 1 saturated heterocycles. The molecular formula is C15H25Cl2NTi. The molecule has 108 valence electrons. The minimum atomic E-state index is 0. The Morgan fingerprint density at radius 2 is 1.32 bits per heavy atom. The first-order chi connectivity index (χ1) is 7.56. The number of likely N-dealkylation sites (tertiary alicyclic amines) is 1. The van der Waals surface area contributed by atoms with E-state index in [4.69, 9.17) is 0 Å². The second-order valence-corrected chi connectivity index (χ2v) is 4.81. The first-order valence-electron chi connectivity index (χ1n) is 6.28. The van der Waals surface area contributed by atoms with Crippen LogP contribution in [0.2, 0.25) is 0 Å². The zero-order valence-corrected chi connectivity index (χ0v) is 15.6. The van der Waals surface area contributed by atoms with Gasteiger partial charge < -0.3 is 36.6 Å². The van der Waals surface area contributed by atoms with E-state index in [-0.39, 0.29) is 46.5 Å².